The lowest BCUT2D eigenvalue weighted by Crippen LogP contribution is -2.20. The lowest BCUT2D eigenvalue weighted by atomic mass is 10.1. The monoisotopic (exact) mass is 427 g/mol. The Labute approximate surface area is 169 Å². The van der Waals surface area contributed by atoms with Crippen LogP contribution in [-0.2, 0) is 16.9 Å². The van der Waals surface area contributed by atoms with Gasteiger partial charge in [-0.15, -0.1) is 10.2 Å². The number of aliphatic hydroxyl groups excluding tert-OH is 1. The van der Waals surface area contributed by atoms with E-state index in [9.17, 15) is 13.5 Å². The van der Waals surface area contributed by atoms with Crippen molar-refractivity contribution in [3.05, 3.63) is 30.1 Å². The molecule has 3 rings (SSSR count). The lowest BCUT2D eigenvalue weighted by Gasteiger charge is -2.13. The molecule has 1 aliphatic rings. The van der Waals surface area contributed by atoms with Crippen LogP contribution in [-0.4, -0.2) is 64.9 Å². The number of hydrogen-bond acceptors (Lipinski definition) is 8. The van der Waals surface area contributed by atoms with E-state index >= 15 is 0 Å². The van der Waals surface area contributed by atoms with Crippen LogP contribution in [0.25, 0.3) is 0 Å². The van der Waals surface area contributed by atoms with E-state index in [0.29, 0.717) is 35.5 Å². The van der Waals surface area contributed by atoms with Crippen molar-refractivity contribution >= 4 is 21.6 Å². The van der Waals surface area contributed by atoms with Crippen LogP contribution < -0.4 is 9.47 Å². The van der Waals surface area contributed by atoms with Crippen LogP contribution in [0, 0.1) is 0 Å². The molecule has 1 aromatic carbocycles. The summed E-state index contributed by atoms with van der Waals surface area (Å²) in [5.41, 5.74) is 0. The van der Waals surface area contributed by atoms with Crippen LogP contribution in [0.3, 0.4) is 0 Å². The summed E-state index contributed by atoms with van der Waals surface area (Å²) >= 11 is 1.37. The molecule has 1 aromatic heterocycles. The molecule has 0 bridgehead atoms. The molecule has 2 heterocycles. The van der Waals surface area contributed by atoms with Crippen molar-refractivity contribution < 1.29 is 23.0 Å². The third kappa shape index (κ3) is 5.39. The molecule has 1 fully saturated rings. The minimum atomic E-state index is -2.97. The highest BCUT2D eigenvalue weighted by atomic mass is 32.2. The first kappa shape index (κ1) is 20.9. The van der Waals surface area contributed by atoms with Crippen molar-refractivity contribution in [1.82, 2.24) is 14.8 Å². The third-order valence-electron chi connectivity index (χ3n) is 4.45. The number of sulfone groups is 1. The first-order valence-corrected chi connectivity index (χ1v) is 11.9. The number of nitrogens with zero attached hydrogens (tertiary/aromatic N) is 3. The summed E-state index contributed by atoms with van der Waals surface area (Å²) < 4.78 is 36.1. The van der Waals surface area contributed by atoms with E-state index in [4.69, 9.17) is 9.47 Å². The Balaban J connectivity index is 1.47. The van der Waals surface area contributed by atoms with Crippen molar-refractivity contribution in [3.8, 4) is 11.5 Å². The number of ether oxygens (including phenoxy) is 2. The maximum atomic E-state index is 11.7. The van der Waals surface area contributed by atoms with Gasteiger partial charge in [0.25, 0.3) is 0 Å². The second-order valence-electron chi connectivity index (χ2n) is 6.68. The minimum Gasteiger partial charge on any atom is -0.494 e. The zero-order valence-electron chi connectivity index (χ0n) is 15.9. The van der Waals surface area contributed by atoms with Gasteiger partial charge in [0.2, 0.25) is 0 Å². The molecular weight excluding hydrogens is 402 g/mol. The molecule has 0 saturated carbocycles. The summed E-state index contributed by atoms with van der Waals surface area (Å²) in [6, 6.07) is 7.25. The van der Waals surface area contributed by atoms with Crippen molar-refractivity contribution in [1.29, 1.82) is 0 Å². The highest BCUT2D eigenvalue weighted by Crippen LogP contribution is 2.29. The highest BCUT2D eigenvalue weighted by Gasteiger charge is 2.32. The molecule has 8 nitrogen and oxygen atoms in total. The second kappa shape index (κ2) is 9.15. The van der Waals surface area contributed by atoms with Crippen LogP contribution in [0.5, 0.6) is 11.5 Å². The van der Waals surface area contributed by atoms with E-state index < -0.39 is 15.9 Å². The zero-order chi connectivity index (χ0) is 20.1. The van der Waals surface area contributed by atoms with Crippen molar-refractivity contribution in [2.24, 2.45) is 7.05 Å². The number of aliphatic hydroxyl groups is 1. The third-order valence-corrected chi connectivity index (χ3v) is 7.38. The quantitative estimate of drug-likeness (QED) is 0.603. The van der Waals surface area contributed by atoms with Gasteiger partial charge in [-0.3, -0.25) is 0 Å². The zero-order valence-corrected chi connectivity index (χ0v) is 17.6. The van der Waals surface area contributed by atoms with Gasteiger partial charge in [-0.25, -0.2) is 8.42 Å². The predicted molar refractivity (Wildman–Crippen MR) is 107 cm³/mol. The summed E-state index contributed by atoms with van der Waals surface area (Å²) in [6.45, 7) is 2.69. The molecule has 1 saturated heterocycles. The van der Waals surface area contributed by atoms with Gasteiger partial charge in [0.05, 0.1) is 24.2 Å². The van der Waals surface area contributed by atoms with E-state index in [1.54, 1.807) is 12.1 Å². The molecule has 2 aromatic rings. The summed E-state index contributed by atoms with van der Waals surface area (Å²) in [6.07, 6.45) is -0.0964. The van der Waals surface area contributed by atoms with Crippen LogP contribution in [0.4, 0.5) is 0 Å². The maximum absolute atomic E-state index is 11.7. The molecule has 0 spiro atoms. The van der Waals surface area contributed by atoms with Crippen LogP contribution >= 0.6 is 11.8 Å². The summed E-state index contributed by atoms with van der Waals surface area (Å²) in [7, 11) is -1.14. The van der Waals surface area contributed by atoms with Gasteiger partial charge in [0, 0.05) is 18.7 Å². The van der Waals surface area contributed by atoms with Gasteiger partial charge in [0.1, 0.15) is 23.9 Å². The minimum absolute atomic E-state index is 0.107. The fraction of sp³-hybridized carbons (Fsp3) is 0.556. The van der Waals surface area contributed by atoms with Gasteiger partial charge in [-0.05, 0) is 37.6 Å². The van der Waals surface area contributed by atoms with Gasteiger partial charge in [-0.2, -0.15) is 0 Å². The number of rotatable bonds is 9. The van der Waals surface area contributed by atoms with Crippen LogP contribution in [0.1, 0.15) is 25.1 Å². The molecule has 10 heteroatoms. The Morgan fingerprint density at radius 2 is 1.93 bits per heavy atom. The van der Waals surface area contributed by atoms with Crippen molar-refractivity contribution in [3.63, 3.8) is 0 Å². The summed E-state index contributed by atoms with van der Waals surface area (Å²) in [5, 5.41) is 19.1. The van der Waals surface area contributed by atoms with E-state index in [0.717, 1.165) is 5.75 Å². The summed E-state index contributed by atoms with van der Waals surface area (Å²) in [4.78, 5) is 0. The molecule has 0 amide bonds. The Morgan fingerprint density at radius 3 is 2.54 bits per heavy atom. The first-order chi connectivity index (χ1) is 13.4. The predicted octanol–water partition coefficient (Wildman–Crippen LogP) is 1.65. The number of aromatic nitrogens is 3. The van der Waals surface area contributed by atoms with Gasteiger partial charge in [-0.1, -0.05) is 11.8 Å². The van der Waals surface area contributed by atoms with E-state index in [-0.39, 0.29) is 24.0 Å². The van der Waals surface area contributed by atoms with E-state index in [2.05, 4.69) is 10.2 Å². The number of benzene rings is 1. The maximum Gasteiger partial charge on any atom is 0.191 e. The molecular formula is C18H25N3O5S2. The average molecular weight is 428 g/mol. The van der Waals surface area contributed by atoms with Crippen molar-refractivity contribution in [2.45, 2.75) is 30.5 Å². The molecule has 0 aliphatic carbocycles. The van der Waals surface area contributed by atoms with Crippen LogP contribution in [0.2, 0.25) is 0 Å². The van der Waals surface area contributed by atoms with Gasteiger partial charge >= 0.3 is 0 Å². The smallest absolute Gasteiger partial charge is 0.191 e. The van der Waals surface area contributed by atoms with E-state index in [1.165, 1.54) is 11.8 Å². The van der Waals surface area contributed by atoms with E-state index in [1.807, 2.05) is 30.7 Å². The Kier molecular flexibility index (Phi) is 6.84. The molecule has 1 N–H and O–H groups in total. The standard InChI is InChI=1S/C18H25N3O5S2/c1-3-25-15-4-6-16(7-5-15)26-10-14(22)11-27-18-20-19-17(21(18)2)13-8-9-28(23,24)12-13/h4-7,13-14,22H,3,8-12H2,1-2H3. The topological polar surface area (TPSA) is 104 Å². The largest absolute Gasteiger partial charge is 0.494 e. The Morgan fingerprint density at radius 1 is 1.25 bits per heavy atom. The van der Waals surface area contributed by atoms with Crippen LogP contribution in [0.15, 0.2) is 29.4 Å². The van der Waals surface area contributed by atoms with Crippen molar-refractivity contribution in [2.75, 3.05) is 30.5 Å². The number of thioether (sulfide) groups is 1. The molecule has 28 heavy (non-hydrogen) atoms. The SMILES string of the molecule is CCOc1ccc(OCC(O)CSc2nnc(C3CCS(=O)(=O)C3)n2C)cc1. The Bertz CT molecular complexity index is 883. The number of hydrogen-bond donors (Lipinski definition) is 1. The molecule has 2 atom stereocenters. The van der Waals surface area contributed by atoms with Gasteiger partial charge in [0.15, 0.2) is 15.0 Å². The fourth-order valence-corrected chi connectivity index (χ4v) is 5.58. The summed E-state index contributed by atoms with van der Waals surface area (Å²) in [5.74, 6) is 2.74. The molecule has 0 radical (unpaired) electrons. The second-order valence-corrected chi connectivity index (χ2v) is 9.90. The highest BCUT2D eigenvalue weighted by molar-refractivity contribution is 7.99. The first-order valence-electron chi connectivity index (χ1n) is 9.14. The molecule has 154 valence electrons. The lowest BCUT2D eigenvalue weighted by molar-refractivity contribution is 0.126. The normalized spacial score (nSPS) is 19.5. The Hall–Kier alpha value is -1.78. The average Bonchev–Trinajstić information content (AvgIpc) is 3.21. The molecule has 2 unspecified atom stereocenters. The van der Waals surface area contributed by atoms with Gasteiger partial charge < -0.3 is 19.1 Å². The fourth-order valence-electron chi connectivity index (χ4n) is 3.02. The molecule has 1 aliphatic heterocycles.